The van der Waals surface area contributed by atoms with Gasteiger partial charge >= 0.3 is 0 Å². The molecule has 1 aromatic heterocycles. The van der Waals surface area contributed by atoms with Crippen LogP contribution in [0.3, 0.4) is 0 Å². The van der Waals surface area contributed by atoms with Crippen molar-refractivity contribution in [1.29, 1.82) is 0 Å². The molecule has 0 bridgehead atoms. The molecule has 31 heavy (non-hydrogen) atoms. The Labute approximate surface area is 175 Å². The predicted octanol–water partition coefficient (Wildman–Crippen LogP) is 2.94. The molecule has 3 amide bonds. The van der Waals surface area contributed by atoms with Crippen molar-refractivity contribution in [3.8, 4) is 5.75 Å². The van der Waals surface area contributed by atoms with Crippen LogP contribution in [0, 0.1) is 11.6 Å². The summed E-state index contributed by atoms with van der Waals surface area (Å²) in [4.78, 5) is 35.7. The Balaban J connectivity index is 1.43. The Bertz CT molecular complexity index is 1090. The molecule has 0 aliphatic carbocycles. The molecule has 0 unspecified atom stereocenters. The molecule has 0 aliphatic heterocycles. The zero-order valence-electron chi connectivity index (χ0n) is 16.0. The Morgan fingerprint density at radius 3 is 2.42 bits per heavy atom. The number of hydrogen-bond donors (Lipinski definition) is 3. The van der Waals surface area contributed by atoms with Gasteiger partial charge in [0.2, 0.25) is 5.91 Å². The van der Waals surface area contributed by atoms with E-state index in [0.717, 1.165) is 12.1 Å². The monoisotopic (exact) mass is 429 g/mol. The summed E-state index contributed by atoms with van der Waals surface area (Å²) in [5, 5.41) is 7.29. The summed E-state index contributed by atoms with van der Waals surface area (Å²) in [5.74, 6) is -3.31. The molecule has 160 valence electrons. The van der Waals surface area contributed by atoms with E-state index in [1.807, 2.05) is 0 Å². The molecule has 0 fully saturated rings. The van der Waals surface area contributed by atoms with E-state index in [4.69, 9.17) is 9.15 Å². The van der Waals surface area contributed by atoms with Crippen molar-refractivity contribution in [2.24, 2.45) is 0 Å². The van der Waals surface area contributed by atoms with Gasteiger partial charge in [0, 0.05) is 23.5 Å². The fourth-order valence-corrected chi connectivity index (χ4v) is 2.42. The van der Waals surface area contributed by atoms with Gasteiger partial charge in [-0.05, 0) is 36.4 Å². The SMILES string of the molecule is O=C(COc1cccc(NC(=O)c2ccco2)c1)NCC(=O)Nc1ccc(F)c(F)c1. The summed E-state index contributed by atoms with van der Waals surface area (Å²) in [7, 11) is 0. The van der Waals surface area contributed by atoms with Crippen LogP contribution < -0.4 is 20.7 Å². The first-order valence-corrected chi connectivity index (χ1v) is 9.00. The zero-order valence-corrected chi connectivity index (χ0v) is 16.0. The van der Waals surface area contributed by atoms with Crippen molar-refractivity contribution in [3.05, 3.63) is 78.3 Å². The van der Waals surface area contributed by atoms with Crippen LogP contribution in [0.25, 0.3) is 0 Å². The standard InChI is InChI=1S/C21H17F2N3O5/c22-16-7-6-14(10-17(16)23)25-19(27)11-24-20(28)12-31-15-4-1-3-13(9-15)26-21(29)18-5-2-8-30-18/h1-10H,11-12H2,(H,24,28)(H,25,27)(H,26,29). The van der Waals surface area contributed by atoms with E-state index >= 15 is 0 Å². The van der Waals surface area contributed by atoms with Crippen molar-refractivity contribution in [1.82, 2.24) is 5.32 Å². The molecule has 1 heterocycles. The first kappa shape index (κ1) is 21.5. The number of ether oxygens (including phenoxy) is 1. The molecule has 0 spiro atoms. The number of nitrogens with one attached hydrogen (secondary N) is 3. The first-order valence-electron chi connectivity index (χ1n) is 9.00. The summed E-state index contributed by atoms with van der Waals surface area (Å²) in [6, 6.07) is 12.4. The number of carbonyl (C=O) groups is 3. The van der Waals surface area contributed by atoms with Crippen LogP contribution >= 0.6 is 0 Å². The van der Waals surface area contributed by atoms with Gasteiger partial charge in [-0.15, -0.1) is 0 Å². The molecule has 8 nitrogen and oxygen atoms in total. The van der Waals surface area contributed by atoms with Crippen LogP contribution in [0.5, 0.6) is 5.75 Å². The minimum absolute atomic E-state index is 0.0582. The third-order valence-electron chi connectivity index (χ3n) is 3.86. The van der Waals surface area contributed by atoms with E-state index in [0.29, 0.717) is 11.4 Å². The number of halogens is 2. The summed E-state index contributed by atoms with van der Waals surface area (Å²) >= 11 is 0. The number of anilines is 2. The number of hydrogen-bond acceptors (Lipinski definition) is 5. The normalized spacial score (nSPS) is 10.3. The number of rotatable bonds is 8. The lowest BCUT2D eigenvalue weighted by Gasteiger charge is -2.10. The van der Waals surface area contributed by atoms with E-state index in [-0.39, 0.29) is 24.6 Å². The quantitative estimate of drug-likeness (QED) is 0.510. The number of benzene rings is 2. The van der Waals surface area contributed by atoms with Gasteiger partial charge in [0.15, 0.2) is 24.0 Å². The zero-order chi connectivity index (χ0) is 22.2. The molecule has 0 saturated heterocycles. The average Bonchev–Trinajstić information content (AvgIpc) is 3.29. The van der Waals surface area contributed by atoms with Gasteiger partial charge in [0.05, 0.1) is 12.8 Å². The minimum atomic E-state index is -1.10. The second-order valence-electron chi connectivity index (χ2n) is 6.20. The third-order valence-corrected chi connectivity index (χ3v) is 3.86. The van der Waals surface area contributed by atoms with Gasteiger partial charge in [0.25, 0.3) is 11.8 Å². The van der Waals surface area contributed by atoms with Crippen molar-refractivity contribution in [3.63, 3.8) is 0 Å². The highest BCUT2D eigenvalue weighted by atomic mass is 19.2. The first-order chi connectivity index (χ1) is 14.9. The molecule has 3 N–H and O–H groups in total. The maximum absolute atomic E-state index is 13.1. The smallest absolute Gasteiger partial charge is 0.291 e. The molecular weight excluding hydrogens is 412 g/mol. The van der Waals surface area contributed by atoms with Crippen LogP contribution in [0.1, 0.15) is 10.6 Å². The van der Waals surface area contributed by atoms with Crippen molar-refractivity contribution in [2.45, 2.75) is 0 Å². The number of carbonyl (C=O) groups excluding carboxylic acids is 3. The van der Waals surface area contributed by atoms with Crippen LogP contribution in [0.15, 0.2) is 65.3 Å². The van der Waals surface area contributed by atoms with E-state index in [1.165, 1.54) is 24.5 Å². The Kier molecular flexibility index (Phi) is 6.94. The summed E-state index contributed by atoms with van der Waals surface area (Å²) < 4.78 is 36.4. The van der Waals surface area contributed by atoms with Crippen molar-refractivity contribution >= 4 is 29.1 Å². The van der Waals surface area contributed by atoms with E-state index in [9.17, 15) is 23.2 Å². The predicted molar refractivity (Wildman–Crippen MR) is 107 cm³/mol. The maximum Gasteiger partial charge on any atom is 0.291 e. The summed E-state index contributed by atoms with van der Waals surface area (Å²) in [5.41, 5.74) is 0.494. The molecule has 2 aromatic carbocycles. The molecule has 3 rings (SSSR count). The molecule has 0 saturated carbocycles. The average molecular weight is 429 g/mol. The highest BCUT2D eigenvalue weighted by Gasteiger charge is 2.11. The van der Waals surface area contributed by atoms with Crippen LogP contribution in [0.4, 0.5) is 20.2 Å². The van der Waals surface area contributed by atoms with Gasteiger partial charge in [-0.2, -0.15) is 0 Å². The Morgan fingerprint density at radius 2 is 1.68 bits per heavy atom. The maximum atomic E-state index is 13.1. The number of amides is 3. The second kappa shape index (κ2) is 10.0. The second-order valence-corrected chi connectivity index (χ2v) is 6.20. The van der Waals surface area contributed by atoms with Crippen molar-refractivity contribution < 1.29 is 32.3 Å². The van der Waals surface area contributed by atoms with Crippen LogP contribution in [-0.2, 0) is 9.59 Å². The van der Waals surface area contributed by atoms with Crippen LogP contribution in [0.2, 0.25) is 0 Å². The Hall–Kier alpha value is -4.21. The van der Waals surface area contributed by atoms with Crippen molar-refractivity contribution in [2.75, 3.05) is 23.8 Å². The van der Waals surface area contributed by atoms with E-state index < -0.39 is 29.4 Å². The lowest BCUT2D eigenvalue weighted by Crippen LogP contribution is -2.35. The highest BCUT2D eigenvalue weighted by Crippen LogP contribution is 2.18. The topological polar surface area (TPSA) is 110 Å². The lowest BCUT2D eigenvalue weighted by molar-refractivity contribution is -0.125. The number of furan rings is 1. The molecule has 0 radical (unpaired) electrons. The highest BCUT2D eigenvalue weighted by molar-refractivity contribution is 6.02. The molecule has 0 aliphatic rings. The molecule has 3 aromatic rings. The Morgan fingerprint density at radius 1 is 0.871 bits per heavy atom. The van der Waals surface area contributed by atoms with E-state index in [2.05, 4.69) is 16.0 Å². The van der Waals surface area contributed by atoms with E-state index in [1.54, 1.807) is 24.3 Å². The molecule has 0 atom stereocenters. The fourth-order valence-electron chi connectivity index (χ4n) is 2.42. The van der Waals surface area contributed by atoms with Gasteiger partial charge in [-0.1, -0.05) is 6.07 Å². The largest absolute Gasteiger partial charge is 0.484 e. The van der Waals surface area contributed by atoms with Gasteiger partial charge in [-0.25, -0.2) is 8.78 Å². The summed E-state index contributed by atoms with van der Waals surface area (Å²) in [6.07, 6.45) is 1.38. The summed E-state index contributed by atoms with van der Waals surface area (Å²) in [6.45, 7) is -0.769. The van der Waals surface area contributed by atoms with Gasteiger partial charge in [0.1, 0.15) is 5.75 Å². The lowest BCUT2D eigenvalue weighted by atomic mass is 10.3. The van der Waals surface area contributed by atoms with Crippen LogP contribution in [-0.4, -0.2) is 30.9 Å². The molecule has 10 heteroatoms. The van der Waals surface area contributed by atoms with Gasteiger partial charge < -0.3 is 25.1 Å². The fraction of sp³-hybridized carbons (Fsp3) is 0.0952. The van der Waals surface area contributed by atoms with Gasteiger partial charge in [-0.3, -0.25) is 14.4 Å². The molecular formula is C21H17F2N3O5. The minimum Gasteiger partial charge on any atom is -0.484 e. The third kappa shape index (κ3) is 6.39.